The number of nitrogens with two attached hydrogens (primary N) is 2. The van der Waals surface area contributed by atoms with Crippen molar-refractivity contribution in [3.63, 3.8) is 0 Å². The number of pyridine rings is 1. The molecule has 0 aliphatic heterocycles. The van der Waals surface area contributed by atoms with Gasteiger partial charge in [0.15, 0.2) is 0 Å². The molecule has 0 saturated heterocycles. The molecule has 0 bridgehead atoms. The van der Waals surface area contributed by atoms with Crippen molar-refractivity contribution in [1.82, 2.24) is 10.3 Å². The highest BCUT2D eigenvalue weighted by atomic mass is 35.5. The van der Waals surface area contributed by atoms with Crippen molar-refractivity contribution in [1.29, 1.82) is 0 Å². The van der Waals surface area contributed by atoms with Gasteiger partial charge in [-0.05, 0) is 57.0 Å². The van der Waals surface area contributed by atoms with Crippen LogP contribution >= 0.6 is 11.6 Å². The second kappa shape index (κ2) is 10.9. The van der Waals surface area contributed by atoms with Crippen molar-refractivity contribution >= 4 is 34.5 Å². The molecule has 2 aromatic carbocycles. The van der Waals surface area contributed by atoms with Crippen LogP contribution in [0.4, 0.5) is 5.82 Å². The lowest BCUT2D eigenvalue weighted by molar-refractivity contribution is 0.112. The number of nitrogens with zero attached hydrogens (tertiary/aromatic N) is 1. The van der Waals surface area contributed by atoms with E-state index in [0.717, 1.165) is 28.7 Å². The Labute approximate surface area is 188 Å². The minimum atomic E-state index is 0.367. The number of hydrogen-bond acceptors (Lipinski definition) is 5. The molecule has 0 amide bonds. The lowest BCUT2D eigenvalue weighted by Crippen LogP contribution is -2.35. The first-order chi connectivity index (χ1) is 15.0. The zero-order chi connectivity index (χ0) is 22.2. The molecule has 0 spiro atoms. The Morgan fingerprint density at radius 3 is 2.45 bits per heavy atom. The van der Waals surface area contributed by atoms with Crippen LogP contribution in [0.5, 0.6) is 0 Å². The minimum Gasteiger partial charge on any atom is -0.383 e. The quantitative estimate of drug-likeness (QED) is 0.416. The lowest BCUT2D eigenvalue weighted by Gasteiger charge is -2.25. The molecule has 160 valence electrons. The first kappa shape index (κ1) is 22.8. The molecule has 1 aliphatic carbocycles. The fourth-order valence-corrected chi connectivity index (χ4v) is 3.69. The molecule has 1 aromatic heterocycles. The van der Waals surface area contributed by atoms with Crippen LogP contribution in [0.1, 0.15) is 47.2 Å². The van der Waals surface area contributed by atoms with E-state index in [2.05, 4.69) is 22.1 Å². The van der Waals surface area contributed by atoms with E-state index in [4.69, 9.17) is 23.1 Å². The Balaban J connectivity index is 0.000000254. The highest BCUT2D eigenvalue weighted by molar-refractivity contribution is 6.31. The summed E-state index contributed by atoms with van der Waals surface area (Å²) in [6.45, 7) is 0. The number of aromatic nitrogens is 1. The first-order valence-electron chi connectivity index (χ1n) is 10.3. The maximum absolute atomic E-state index is 10.6. The van der Waals surface area contributed by atoms with Crippen LogP contribution < -0.4 is 16.8 Å². The summed E-state index contributed by atoms with van der Waals surface area (Å²) in [5.74, 6) is 6.46. The summed E-state index contributed by atoms with van der Waals surface area (Å²) in [7, 11) is 2.03. The van der Waals surface area contributed by atoms with Crippen LogP contribution in [0.15, 0.2) is 48.7 Å². The molecule has 1 aliphatic rings. The Bertz CT molecular complexity index is 1090. The topological polar surface area (TPSA) is 94.0 Å². The van der Waals surface area contributed by atoms with Gasteiger partial charge in [-0.1, -0.05) is 41.6 Å². The second-order valence-corrected chi connectivity index (χ2v) is 8.08. The molecular weight excluding hydrogens is 408 g/mol. The van der Waals surface area contributed by atoms with E-state index >= 15 is 0 Å². The number of nitrogen functional groups attached to an aromatic ring is 1. The predicted molar refractivity (Wildman–Crippen MR) is 128 cm³/mol. The zero-order valence-electron chi connectivity index (χ0n) is 17.6. The van der Waals surface area contributed by atoms with Gasteiger partial charge in [-0.3, -0.25) is 4.79 Å². The van der Waals surface area contributed by atoms with Crippen molar-refractivity contribution in [2.75, 3.05) is 12.8 Å². The van der Waals surface area contributed by atoms with Crippen molar-refractivity contribution < 1.29 is 4.79 Å². The number of rotatable bonds is 2. The molecule has 3 aromatic rings. The molecule has 4 rings (SSSR count). The number of hydrogen-bond donors (Lipinski definition) is 3. The Morgan fingerprint density at radius 1 is 1.10 bits per heavy atom. The van der Waals surface area contributed by atoms with E-state index in [-0.39, 0.29) is 0 Å². The summed E-state index contributed by atoms with van der Waals surface area (Å²) in [5, 5.41) is 5.69. The Morgan fingerprint density at radius 2 is 1.81 bits per heavy atom. The fourth-order valence-electron chi connectivity index (χ4n) is 3.52. The third-order valence-electron chi connectivity index (χ3n) is 5.44. The Hall–Kier alpha value is -2.91. The van der Waals surface area contributed by atoms with E-state index in [1.165, 1.54) is 25.7 Å². The van der Waals surface area contributed by atoms with E-state index < -0.39 is 0 Å². The van der Waals surface area contributed by atoms with Gasteiger partial charge in [0, 0.05) is 45.2 Å². The van der Waals surface area contributed by atoms with E-state index in [1.807, 2.05) is 19.2 Å². The molecule has 0 atom stereocenters. The summed E-state index contributed by atoms with van der Waals surface area (Å²) in [4.78, 5) is 14.8. The van der Waals surface area contributed by atoms with Crippen LogP contribution in [-0.4, -0.2) is 30.4 Å². The molecule has 0 unspecified atom stereocenters. The predicted octanol–water partition coefficient (Wildman–Crippen LogP) is 4.16. The van der Waals surface area contributed by atoms with Gasteiger partial charge in [-0.2, -0.15) is 0 Å². The molecule has 0 radical (unpaired) electrons. The first-order valence-corrected chi connectivity index (χ1v) is 10.7. The molecule has 1 fully saturated rings. The van der Waals surface area contributed by atoms with Gasteiger partial charge in [0.1, 0.15) is 12.1 Å². The van der Waals surface area contributed by atoms with Crippen molar-refractivity contribution in [3.05, 3.63) is 70.4 Å². The third-order valence-corrected chi connectivity index (χ3v) is 5.68. The van der Waals surface area contributed by atoms with Crippen molar-refractivity contribution in [2.45, 2.75) is 37.8 Å². The number of aldehydes is 1. The molecule has 6 heteroatoms. The van der Waals surface area contributed by atoms with Gasteiger partial charge in [0.2, 0.25) is 0 Å². The number of carbonyl (C=O) groups excluding carboxylic acids is 1. The number of halogens is 1. The lowest BCUT2D eigenvalue weighted by atomic mass is 9.92. The standard InChI is InChI=1S/C18H11ClN2O.C7H16N2/c19-15-7-6-14-10-21-18(20)16(17(14)9-15)8-5-12-1-3-13(11-22)4-2-12;1-9-7-4-2-6(8)3-5-7/h1-4,6-7,9-11H,(H2,20,21);6-7,9H,2-5,8H2,1H3. The Kier molecular flexibility index (Phi) is 8.02. The van der Waals surface area contributed by atoms with Crippen LogP contribution in [0.25, 0.3) is 10.8 Å². The van der Waals surface area contributed by atoms with Gasteiger partial charge < -0.3 is 16.8 Å². The monoisotopic (exact) mass is 434 g/mol. The van der Waals surface area contributed by atoms with Crippen LogP contribution in [0, 0.1) is 11.8 Å². The van der Waals surface area contributed by atoms with Crippen molar-refractivity contribution in [3.8, 4) is 11.8 Å². The average Bonchev–Trinajstić information content (AvgIpc) is 2.80. The van der Waals surface area contributed by atoms with Gasteiger partial charge in [0.25, 0.3) is 0 Å². The number of benzene rings is 2. The van der Waals surface area contributed by atoms with E-state index in [9.17, 15) is 4.79 Å². The van der Waals surface area contributed by atoms with Crippen LogP contribution in [-0.2, 0) is 0 Å². The van der Waals surface area contributed by atoms with Gasteiger partial charge in [-0.25, -0.2) is 4.98 Å². The van der Waals surface area contributed by atoms with E-state index in [0.29, 0.717) is 28.0 Å². The summed E-state index contributed by atoms with van der Waals surface area (Å²) in [6.07, 6.45) is 7.42. The summed E-state index contributed by atoms with van der Waals surface area (Å²) >= 11 is 6.05. The summed E-state index contributed by atoms with van der Waals surface area (Å²) in [5.41, 5.74) is 13.7. The molecule has 31 heavy (non-hydrogen) atoms. The number of anilines is 1. The molecule has 1 saturated carbocycles. The molecular formula is C25H27ClN4O. The fraction of sp³-hybridized carbons (Fsp3) is 0.280. The third kappa shape index (κ3) is 6.28. The summed E-state index contributed by atoms with van der Waals surface area (Å²) < 4.78 is 0. The van der Waals surface area contributed by atoms with E-state index in [1.54, 1.807) is 36.5 Å². The highest BCUT2D eigenvalue weighted by Gasteiger charge is 2.15. The number of fused-ring (bicyclic) bond motifs is 1. The molecule has 5 N–H and O–H groups in total. The van der Waals surface area contributed by atoms with Crippen LogP contribution in [0.3, 0.4) is 0 Å². The van der Waals surface area contributed by atoms with Gasteiger partial charge >= 0.3 is 0 Å². The number of carbonyl (C=O) groups is 1. The normalized spacial score (nSPS) is 17.8. The maximum atomic E-state index is 10.6. The maximum Gasteiger partial charge on any atom is 0.150 e. The number of nitrogens with one attached hydrogen (secondary N) is 1. The average molecular weight is 435 g/mol. The smallest absolute Gasteiger partial charge is 0.150 e. The minimum absolute atomic E-state index is 0.367. The largest absolute Gasteiger partial charge is 0.383 e. The highest BCUT2D eigenvalue weighted by Crippen LogP contribution is 2.24. The zero-order valence-corrected chi connectivity index (χ0v) is 18.3. The van der Waals surface area contributed by atoms with Gasteiger partial charge in [-0.15, -0.1) is 0 Å². The van der Waals surface area contributed by atoms with Crippen molar-refractivity contribution in [2.24, 2.45) is 5.73 Å². The summed E-state index contributed by atoms with van der Waals surface area (Å²) in [6, 6.07) is 13.8. The second-order valence-electron chi connectivity index (χ2n) is 7.64. The van der Waals surface area contributed by atoms with Gasteiger partial charge in [0.05, 0.1) is 5.56 Å². The molecule has 1 heterocycles. The SMILES string of the molecule is CNC1CCC(N)CC1.Nc1ncc2ccc(Cl)cc2c1C#Cc1ccc(C=O)cc1. The van der Waals surface area contributed by atoms with Crippen LogP contribution in [0.2, 0.25) is 5.02 Å². The molecule has 5 nitrogen and oxygen atoms in total.